The second-order valence-corrected chi connectivity index (χ2v) is 12.2. The molecule has 3 rings (SSSR count). The summed E-state index contributed by atoms with van der Waals surface area (Å²) in [7, 11) is 0. The smallest absolute Gasteiger partial charge is 0.0261 e. The van der Waals surface area contributed by atoms with Gasteiger partial charge in [-0.3, -0.25) is 0 Å². The van der Waals surface area contributed by atoms with Gasteiger partial charge >= 0.3 is 0 Å². The lowest BCUT2D eigenvalue weighted by molar-refractivity contribution is -0.144. The number of hydrogen-bond donors (Lipinski definition) is 0. The molecule has 27 heavy (non-hydrogen) atoms. The molecule has 3 unspecified atom stereocenters. The molecule has 0 saturated heterocycles. The van der Waals surface area contributed by atoms with Crippen LogP contribution in [0, 0.1) is 52.3 Å². The van der Waals surface area contributed by atoms with Crippen LogP contribution in [0.2, 0.25) is 0 Å². The Kier molecular flexibility index (Phi) is 6.75. The molecule has 0 aliphatic heterocycles. The van der Waals surface area contributed by atoms with Crippen molar-refractivity contribution in [2.45, 2.75) is 119 Å². The van der Waals surface area contributed by atoms with Crippen LogP contribution >= 0.6 is 0 Å². The Morgan fingerprint density at radius 1 is 0.815 bits per heavy atom. The molecule has 0 radical (unpaired) electrons. The van der Waals surface area contributed by atoms with Gasteiger partial charge in [0.05, 0.1) is 0 Å². The van der Waals surface area contributed by atoms with Crippen LogP contribution in [-0.4, -0.2) is 0 Å². The van der Waals surface area contributed by atoms with Crippen LogP contribution in [0.3, 0.4) is 0 Å². The largest absolute Gasteiger partial charge is 0.0651 e. The lowest BCUT2D eigenvalue weighted by atomic mass is 9.41. The highest BCUT2D eigenvalue weighted by Crippen LogP contribution is 2.67. The third kappa shape index (κ3) is 4.02. The summed E-state index contributed by atoms with van der Waals surface area (Å²) in [6, 6.07) is 0. The summed E-state index contributed by atoms with van der Waals surface area (Å²) < 4.78 is 0. The molecule has 3 saturated carbocycles. The van der Waals surface area contributed by atoms with E-state index in [1.807, 2.05) is 0 Å². The summed E-state index contributed by atoms with van der Waals surface area (Å²) in [5.41, 5.74) is 1.23. The van der Waals surface area contributed by atoms with E-state index < -0.39 is 0 Å². The summed E-state index contributed by atoms with van der Waals surface area (Å²) in [6.07, 6.45) is 16.3. The highest BCUT2D eigenvalue weighted by atomic mass is 14.6. The van der Waals surface area contributed by atoms with Gasteiger partial charge in [-0.25, -0.2) is 0 Å². The SMILES string of the molecule is CCC(C)CC(C)C[C@@H]1C(C)CC[C@H]2[C@@]1(C)CC[C@H]1[C@@H](C)CCCC[C@]21C. The Morgan fingerprint density at radius 3 is 2.26 bits per heavy atom. The van der Waals surface area contributed by atoms with E-state index in [0.717, 1.165) is 41.4 Å². The fourth-order valence-electron chi connectivity index (χ4n) is 8.72. The zero-order valence-electron chi connectivity index (χ0n) is 19.8. The minimum Gasteiger partial charge on any atom is -0.0651 e. The topological polar surface area (TPSA) is 0 Å². The van der Waals surface area contributed by atoms with Crippen LogP contribution in [0.4, 0.5) is 0 Å². The van der Waals surface area contributed by atoms with Gasteiger partial charge in [0.25, 0.3) is 0 Å². The number of hydrogen-bond acceptors (Lipinski definition) is 0. The normalized spacial score (nSPS) is 47.4. The average molecular weight is 375 g/mol. The van der Waals surface area contributed by atoms with Crippen LogP contribution < -0.4 is 0 Å². The Labute approximate surface area is 171 Å². The maximum Gasteiger partial charge on any atom is -0.0261 e. The van der Waals surface area contributed by atoms with E-state index in [0.29, 0.717) is 10.8 Å². The fraction of sp³-hybridized carbons (Fsp3) is 1.00. The summed E-state index contributed by atoms with van der Waals surface area (Å²) >= 11 is 0. The molecule has 0 amide bonds. The highest BCUT2D eigenvalue weighted by Gasteiger charge is 2.59. The molecule has 0 heterocycles. The van der Waals surface area contributed by atoms with Crippen LogP contribution in [0.15, 0.2) is 0 Å². The van der Waals surface area contributed by atoms with E-state index in [9.17, 15) is 0 Å². The van der Waals surface area contributed by atoms with Gasteiger partial charge in [-0.05, 0) is 90.8 Å². The Bertz CT molecular complexity index is 480. The first kappa shape index (κ1) is 21.7. The zero-order valence-corrected chi connectivity index (χ0v) is 19.8. The lowest BCUT2D eigenvalue weighted by Gasteiger charge is -2.63. The number of rotatable bonds is 5. The van der Waals surface area contributed by atoms with Gasteiger partial charge in [0.2, 0.25) is 0 Å². The molecule has 0 aromatic heterocycles. The maximum atomic E-state index is 2.75. The van der Waals surface area contributed by atoms with E-state index in [-0.39, 0.29) is 0 Å². The van der Waals surface area contributed by atoms with Crippen molar-refractivity contribution < 1.29 is 0 Å². The molecule has 3 fully saturated rings. The second kappa shape index (κ2) is 8.39. The van der Waals surface area contributed by atoms with Gasteiger partial charge in [0, 0.05) is 0 Å². The van der Waals surface area contributed by atoms with Crippen molar-refractivity contribution in [1.82, 2.24) is 0 Å². The van der Waals surface area contributed by atoms with Gasteiger partial charge in [0.1, 0.15) is 0 Å². The Balaban J connectivity index is 1.83. The molecule has 3 aliphatic rings. The quantitative estimate of drug-likeness (QED) is 0.451. The molecule has 0 bridgehead atoms. The standard InChI is InChI=1S/C27H50/c1-8-19(2)17-20(3)18-24-22(5)12-13-25-26(6)15-10-9-11-21(4)23(26)14-16-27(24,25)7/h19-25H,8-18H2,1-7H3/t19?,20?,21-,22?,23-,24+,25+,26-,27-/m0/s1. The molecule has 0 heteroatoms. The third-order valence-electron chi connectivity index (χ3n) is 10.3. The van der Waals surface area contributed by atoms with Crippen molar-refractivity contribution in [2.24, 2.45) is 52.3 Å². The van der Waals surface area contributed by atoms with Crippen molar-refractivity contribution in [1.29, 1.82) is 0 Å². The predicted octanol–water partition coefficient (Wildman–Crippen LogP) is 8.74. The Morgan fingerprint density at radius 2 is 1.56 bits per heavy atom. The average Bonchev–Trinajstić information content (AvgIpc) is 2.76. The van der Waals surface area contributed by atoms with Gasteiger partial charge in [0.15, 0.2) is 0 Å². The van der Waals surface area contributed by atoms with Crippen LogP contribution in [0.1, 0.15) is 119 Å². The number of fused-ring (bicyclic) bond motifs is 3. The van der Waals surface area contributed by atoms with Crippen LogP contribution in [0.5, 0.6) is 0 Å². The first-order chi connectivity index (χ1) is 12.7. The molecule has 0 aromatic carbocycles. The first-order valence-corrected chi connectivity index (χ1v) is 12.7. The van der Waals surface area contributed by atoms with Crippen molar-refractivity contribution in [2.75, 3.05) is 0 Å². The van der Waals surface area contributed by atoms with E-state index in [1.165, 1.54) is 70.6 Å². The molecular formula is C27H50. The van der Waals surface area contributed by atoms with E-state index in [2.05, 4.69) is 48.5 Å². The predicted molar refractivity (Wildman–Crippen MR) is 120 cm³/mol. The summed E-state index contributed by atoms with van der Waals surface area (Å²) in [4.78, 5) is 0. The minimum absolute atomic E-state index is 0.608. The monoisotopic (exact) mass is 374 g/mol. The molecule has 0 nitrogen and oxygen atoms in total. The van der Waals surface area contributed by atoms with Crippen molar-refractivity contribution in [3.8, 4) is 0 Å². The summed E-state index contributed by atoms with van der Waals surface area (Å²) in [5, 5.41) is 0. The summed E-state index contributed by atoms with van der Waals surface area (Å²) in [6.45, 7) is 18.1. The van der Waals surface area contributed by atoms with Gasteiger partial charge in [-0.2, -0.15) is 0 Å². The zero-order chi connectivity index (χ0) is 19.8. The van der Waals surface area contributed by atoms with Crippen LogP contribution in [-0.2, 0) is 0 Å². The van der Waals surface area contributed by atoms with Crippen molar-refractivity contribution in [3.63, 3.8) is 0 Å². The molecule has 0 N–H and O–H groups in total. The minimum atomic E-state index is 0.608. The lowest BCUT2D eigenvalue weighted by Crippen LogP contribution is -2.56. The summed E-state index contributed by atoms with van der Waals surface area (Å²) in [5.74, 6) is 6.66. The molecule has 3 aliphatic carbocycles. The van der Waals surface area contributed by atoms with Crippen molar-refractivity contribution >= 4 is 0 Å². The van der Waals surface area contributed by atoms with E-state index in [1.54, 1.807) is 0 Å². The second-order valence-electron chi connectivity index (χ2n) is 12.2. The van der Waals surface area contributed by atoms with Crippen LogP contribution in [0.25, 0.3) is 0 Å². The van der Waals surface area contributed by atoms with E-state index >= 15 is 0 Å². The highest BCUT2D eigenvalue weighted by molar-refractivity contribution is 5.08. The molecule has 0 spiro atoms. The Hall–Kier alpha value is 0. The molecule has 0 aromatic rings. The van der Waals surface area contributed by atoms with Gasteiger partial charge < -0.3 is 0 Å². The first-order valence-electron chi connectivity index (χ1n) is 12.7. The molecular weight excluding hydrogens is 324 g/mol. The fourth-order valence-corrected chi connectivity index (χ4v) is 8.72. The van der Waals surface area contributed by atoms with Crippen molar-refractivity contribution in [3.05, 3.63) is 0 Å². The van der Waals surface area contributed by atoms with E-state index in [4.69, 9.17) is 0 Å². The third-order valence-corrected chi connectivity index (χ3v) is 10.3. The van der Waals surface area contributed by atoms with Gasteiger partial charge in [-0.15, -0.1) is 0 Å². The van der Waals surface area contributed by atoms with Gasteiger partial charge in [-0.1, -0.05) is 80.6 Å². The molecule has 158 valence electrons. The molecule has 9 atom stereocenters. The maximum absolute atomic E-state index is 2.75.